The first kappa shape index (κ1) is 10.1. The Hall–Kier alpha value is -0.940. The third-order valence-electron chi connectivity index (χ3n) is 1.59. The van der Waals surface area contributed by atoms with Gasteiger partial charge in [-0.25, -0.2) is 12.8 Å². The molecule has 1 N–H and O–H groups in total. The Morgan fingerprint density at radius 2 is 1.77 bits per heavy atom. The molecule has 72 valence electrons. The van der Waals surface area contributed by atoms with Crippen LogP contribution in [0.3, 0.4) is 0 Å². The lowest BCUT2D eigenvalue weighted by atomic mass is 10.4. The van der Waals surface area contributed by atoms with Gasteiger partial charge in [-0.3, -0.25) is 0 Å². The van der Waals surface area contributed by atoms with E-state index in [4.69, 9.17) is 5.11 Å². The van der Waals surface area contributed by atoms with E-state index in [0.717, 1.165) is 31.2 Å². The number of aliphatic hydroxyl groups excluding tert-OH is 1. The molecule has 1 rings (SSSR count). The molecule has 0 heterocycles. The van der Waals surface area contributed by atoms with Crippen LogP contribution < -0.4 is 0 Å². The molecule has 0 radical (unpaired) electrons. The summed E-state index contributed by atoms with van der Waals surface area (Å²) in [7, 11) is -3.70. The maximum absolute atomic E-state index is 12.4. The number of rotatable bonds is 2. The van der Waals surface area contributed by atoms with Gasteiger partial charge >= 0.3 is 0 Å². The number of hydrogen-bond donors (Lipinski definition) is 1. The molecular formula is C8H9FO3S. The maximum Gasteiger partial charge on any atom is 0.204 e. The summed E-state index contributed by atoms with van der Waals surface area (Å²) in [5, 5.41) is 8.92. The zero-order valence-electron chi connectivity index (χ0n) is 6.94. The molecule has 3 nitrogen and oxygen atoms in total. The van der Waals surface area contributed by atoms with Gasteiger partial charge in [0.15, 0.2) is 5.44 Å². The summed E-state index contributed by atoms with van der Waals surface area (Å²) in [6.45, 7) is 1.15. The van der Waals surface area contributed by atoms with E-state index >= 15 is 0 Å². The summed E-state index contributed by atoms with van der Waals surface area (Å²) in [5.74, 6) is -0.510. The molecule has 1 aromatic carbocycles. The van der Waals surface area contributed by atoms with E-state index < -0.39 is 21.1 Å². The number of sulfone groups is 1. The summed E-state index contributed by atoms with van der Waals surface area (Å²) in [4.78, 5) is -0.0797. The van der Waals surface area contributed by atoms with Crippen LogP contribution in [0.2, 0.25) is 0 Å². The molecule has 5 heteroatoms. The van der Waals surface area contributed by atoms with Crippen LogP contribution in [0.15, 0.2) is 29.2 Å². The molecule has 0 aliphatic rings. The molecule has 0 spiro atoms. The van der Waals surface area contributed by atoms with Crippen LogP contribution in [-0.2, 0) is 9.84 Å². The molecule has 13 heavy (non-hydrogen) atoms. The summed E-state index contributed by atoms with van der Waals surface area (Å²) in [5.41, 5.74) is -1.47. The van der Waals surface area contributed by atoms with E-state index in [9.17, 15) is 12.8 Å². The molecule has 0 aliphatic carbocycles. The fourth-order valence-electron chi connectivity index (χ4n) is 0.821. The predicted octanol–water partition coefficient (Wildman–Crippen LogP) is 0.938. The van der Waals surface area contributed by atoms with Gasteiger partial charge < -0.3 is 5.11 Å². The molecular weight excluding hydrogens is 195 g/mol. The Morgan fingerprint density at radius 3 is 2.15 bits per heavy atom. The minimum Gasteiger partial charge on any atom is -0.377 e. The third-order valence-corrected chi connectivity index (χ3v) is 3.42. The van der Waals surface area contributed by atoms with Crippen LogP contribution in [0, 0.1) is 5.82 Å². The second-order valence-electron chi connectivity index (χ2n) is 2.60. The van der Waals surface area contributed by atoms with E-state index in [1.807, 2.05) is 0 Å². The topological polar surface area (TPSA) is 54.4 Å². The van der Waals surface area contributed by atoms with Crippen molar-refractivity contribution in [2.45, 2.75) is 17.3 Å². The lowest BCUT2D eigenvalue weighted by Crippen LogP contribution is -2.16. The lowest BCUT2D eigenvalue weighted by molar-refractivity contribution is 0.268. The molecule has 0 amide bonds. The van der Waals surface area contributed by atoms with Gasteiger partial charge in [-0.2, -0.15) is 0 Å². The number of aliphatic hydroxyl groups is 1. The van der Waals surface area contributed by atoms with Gasteiger partial charge in [0, 0.05) is 0 Å². The van der Waals surface area contributed by atoms with Crippen molar-refractivity contribution in [3.8, 4) is 0 Å². The normalized spacial score (nSPS) is 14.1. The SMILES string of the molecule is C[C@H](O)S(=O)(=O)c1ccc(F)cc1. The Bertz CT molecular complexity index is 380. The third kappa shape index (κ3) is 2.05. The second kappa shape index (κ2) is 3.43. The first-order valence-electron chi connectivity index (χ1n) is 3.62. The molecule has 0 fully saturated rings. The first-order valence-corrected chi connectivity index (χ1v) is 5.17. The Balaban J connectivity index is 3.17. The predicted molar refractivity (Wildman–Crippen MR) is 45.3 cm³/mol. The van der Waals surface area contributed by atoms with Crippen LogP contribution in [0.5, 0.6) is 0 Å². The maximum atomic E-state index is 12.4. The van der Waals surface area contributed by atoms with Crippen molar-refractivity contribution < 1.29 is 17.9 Å². The fourth-order valence-corrected chi connectivity index (χ4v) is 1.73. The van der Waals surface area contributed by atoms with Crippen molar-refractivity contribution in [3.05, 3.63) is 30.1 Å². The molecule has 0 unspecified atom stereocenters. The summed E-state index contributed by atoms with van der Waals surface area (Å²) in [6.07, 6.45) is 0. The van der Waals surface area contributed by atoms with Crippen LogP contribution in [0.25, 0.3) is 0 Å². The van der Waals surface area contributed by atoms with E-state index in [1.54, 1.807) is 0 Å². The van der Waals surface area contributed by atoms with Gasteiger partial charge in [0.05, 0.1) is 4.90 Å². The van der Waals surface area contributed by atoms with Gasteiger partial charge in [-0.05, 0) is 31.2 Å². The molecule has 0 saturated heterocycles. The lowest BCUT2D eigenvalue weighted by Gasteiger charge is -2.05. The van der Waals surface area contributed by atoms with Gasteiger partial charge in [0.2, 0.25) is 9.84 Å². The van der Waals surface area contributed by atoms with Gasteiger partial charge in [-0.15, -0.1) is 0 Å². The molecule has 1 aromatic rings. The van der Waals surface area contributed by atoms with Crippen molar-refractivity contribution in [2.24, 2.45) is 0 Å². The van der Waals surface area contributed by atoms with E-state index in [2.05, 4.69) is 0 Å². The molecule has 0 bridgehead atoms. The van der Waals surface area contributed by atoms with Gasteiger partial charge in [0.25, 0.3) is 0 Å². The highest BCUT2D eigenvalue weighted by Crippen LogP contribution is 2.14. The van der Waals surface area contributed by atoms with Crippen LogP contribution in [0.1, 0.15) is 6.92 Å². The first-order chi connectivity index (χ1) is 5.94. The van der Waals surface area contributed by atoms with E-state index in [1.165, 1.54) is 0 Å². The highest BCUT2D eigenvalue weighted by Gasteiger charge is 2.20. The standard InChI is InChI=1S/C8H9FO3S/c1-6(10)13(11,12)8-4-2-7(9)3-5-8/h2-6,10H,1H3/t6-/m1/s1. The fraction of sp³-hybridized carbons (Fsp3) is 0.250. The second-order valence-corrected chi connectivity index (χ2v) is 4.84. The zero-order chi connectivity index (χ0) is 10.1. The Morgan fingerprint density at radius 1 is 1.31 bits per heavy atom. The highest BCUT2D eigenvalue weighted by atomic mass is 32.2. The number of hydrogen-bond acceptors (Lipinski definition) is 3. The molecule has 0 saturated carbocycles. The molecule has 0 aromatic heterocycles. The van der Waals surface area contributed by atoms with Crippen molar-refractivity contribution in [3.63, 3.8) is 0 Å². The van der Waals surface area contributed by atoms with Crippen molar-refractivity contribution in [1.29, 1.82) is 0 Å². The minimum absolute atomic E-state index is 0.0797. The smallest absolute Gasteiger partial charge is 0.204 e. The highest BCUT2D eigenvalue weighted by molar-refractivity contribution is 7.91. The van der Waals surface area contributed by atoms with Crippen molar-refractivity contribution >= 4 is 9.84 Å². The number of halogens is 1. The van der Waals surface area contributed by atoms with Crippen LogP contribution in [-0.4, -0.2) is 19.0 Å². The molecule has 0 aliphatic heterocycles. The number of benzene rings is 1. The largest absolute Gasteiger partial charge is 0.377 e. The van der Waals surface area contributed by atoms with Gasteiger partial charge in [0.1, 0.15) is 5.82 Å². The van der Waals surface area contributed by atoms with E-state index in [-0.39, 0.29) is 4.90 Å². The summed E-state index contributed by atoms with van der Waals surface area (Å²) in [6, 6.07) is 4.32. The quantitative estimate of drug-likeness (QED) is 0.729. The minimum atomic E-state index is -3.70. The van der Waals surface area contributed by atoms with Crippen LogP contribution in [0.4, 0.5) is 4.39 Å². The Kier molecular flexibility index (Phi) is 2.68. The Labute approximate surface area is 75.7 Å². The molecule has 1 atom stereocenters. The average molecular weight is 204 g/mol. The zero-order valence-corrected chi connectivity index (χ0v) is 7.75. The average Bonchev–Trinajstić information content (AvgIpc) is 2.04. The van der Waals surface area contributed by atoms with Gasteiger partial charge in [-0.1, -0.05) is 0 Å². The van der Waals surface area contributed by atoms with E-state index in [0.29, 0.717) is 0 Å². The van der Waals surface area contributed by atoms with Crippen molar-refractivity contribution in [2.75, 3.05) is 0 Å². The summed E-state index contributed by atoms with van der Waals surface area (Å²) >= 11 is 0. The van der Waals surface area contributed by atoms with Crippen LogP contribution >= 0.6 is 0 Å². The summed E-state index contributed by atoms with van der Waals surface area (Å²) < 4.78 is 35.0. The monoisotopic (exact) mass is 204 g/mol. The van der Waals surface area contributed by atoms with Crippen molar-refractivity contribution in [1.82, 2.24) is 0 Å².